The lowest BCUT2D eigenvalue weighted by molar-refractivity contribution is -0.137. The van der Waals surface area contributed by atoms with E-state index in [0.717, 1.165) is 12.1 Å². The first-order valence-electron chi connectivity index (χ1n) is 8.84. The SMILES string of the molecule is O=C(NCC1(O)CC1)c1ccc2cc(Oc3ccc(C(F)(F)F)cn3)ccc2n1. The number of nitrogens with zero attached hydrogens (tertiary/aromatic N) is 2. The predicted octanol–water partition coefficient (Wildman–Crippen LogP) is 3.70. The van der Waals surface area contributed by atoms with E-state index in [1.54, 1.807) is 30.3 Å². The number of alkyl halides is 3. The number of hydrogen-bond acceptors (Lipinski definition) is 5. The lowest BCUT2D eigenvalue weighted by Crippen LogP contribution is -2.33. The molecule has 2 N–H and O–H groups in total. The van der Waals surface area contributed by atoms with Crippen molar-refractivity contribution in [2.75, 3.05) is 6.54 Å². The first kappa shape index (κ1) is 19.1. The van der Waals surface area contributed by atoms with E-state index >= 15 is 0 Å². The zero-order valence-corrected chi connectivity index (χ0v) is 15.0. The molecule has 3 aromatic rings. The zero-order chi connectivity index (χ0) is 20.6. The molecule has 0 spiro atoms. The number of aromatic nitrogens is 2. The van der Waals surface area contributed by atoms with E-state index in [1.165, 1.54) is 0 Å². The number of ether oxygens (including phenoxy) is 1. The van der Waals surface area contributed by atoms with E-state index in [9.17, 15) is 23.1 Å². The number of carbonyl (C=O) groups excluding carboxylic acids is 1. The van der Waals surface area contributed by atoms with Gasteiger partial charge in [0.15, 0.2) is 0 Å². The van der Waals surface area contributed by atoms with Crippen LogP contribution in [-0.2, 0) is 6.18 Å². The van der Waals surface area contributed by atoms with E-state index in [2.05, 4.69) is 15.3 Å². The van der Waals surface area contributed by atoms with Crippen LogP contribution < -0.4 is 10.1 Å². The maximum Gasteiger partial charge on any atom is 0.417 e. The Morgan fingerprint density at radius 3 is 2.62 bits per heavy atom. The Hall–Kier alpha value is -3.20. The van der Waals surface area contributed by atoms with Crippen LogP contribution in [0.1, 0.15) is 28.9 Å². The quantitative estimate of drug-likeness (QED) is 0.679. The molecular weight excluding hydrogens is 387 g/mol. The number of aliphatic hydroxyl groups is 1. The fraction of sp³-hybridized carbons (Fsp3) is 0.250. The Kier molecular flexibility index (Phi) is 4.62. The Morgan fingerprint density at radius 1 is 1.17 bits per heavy atom. The summed E-state index contributed by atoms with van der Waals surface area (Å²) in [6.45, 7) is 0.193. The number of hydrogen-bond donors (Lipinski definition) is 2. The molecule has 2 heterocycles. The predicted molar refractivity (Wildman–Crippen MR) is 97.6 cm³/mol. The Labute approximate surface area is 163 Å². The van der Waals surface area contributed by atoms with E-state index in [1.807, 2.05) is 0 Å². The molecule has 0 atom stereocenters. The standard InChI is InChI=1S/C20H16F3N3O3/c21-20(22,23)13-2-6-17(24-10-13)29-14-3-5-15-12(9-14)1-4-16(26-15)18(27)25-11-19(28)7-8-19/h1-6,9-10,28H,7-8,11H2,(H,25,27). The van der Waals surface area contributed by atoms with Crippen molar-refractivity contribution in [2.45, 2.75) is 24.6 Å². The largest absolute Gasteiger partial charge is 0.439 e. The topological polar surface area (TPSA) is 84.3 Å². The highest BCUT2D eigenvalue weighted by molar-refractivity contribution is 5.95. The van der Waals surface area contributed by atoms with Crippen molar-refractivity contribution in [1.29, 1.82) is 0 Å². The van der Waals surface area contributed by atoms with Gasteiger partial charge in [0.25, 0.3) is 5.91 Å². The Bertz CT molecular complexity index is 1060. The molecule has 29 heavy (non-hydrogen) atoms. The molecular formula is C20H16F3N3O3. The number of amides is 1. The Morgan fingerprint density at radius 2 is 1.97 bits per heavy atom. The molecule has 0 saturated heterocycles. The van der Waals surface area contributed by atoms with E-state index in [0.29, 0.717) is 35.7 Å². The maximum absolute atomic E-state index is 12.6. The lowest BCUT2D eigenvalue weighted by Gasteiger charge is -2.10. The minimum atomic E-state index is -4.46. The molecule has 0 unspecified atom stereocenters. The van der Waals surface area contributed by atoms with Crippen LogP contribution in [0.15, 0.2) is 48.7 Å². The average Bonchev–Trinajstić information content (AvgIpc) is 3.43. The van der Waals surface area contributed by atoms with Crippen LogP contribution in [0, 0.1) is 0 Å². The molecule has 1 saturated carbocycles. The summed E-state index contributed by atoms with van der Waals surface area (Å²) in [7, 11) is 0. The van der Waals surface area contributed by atoms with Gasteiger partial charge >= 0.3 is 6.18 Å². The minimum Gasteiger partial charge on any atom is -0.439 e. The number of benzene rings is 1. The van der Waals surface area contributed by atoms with Crippen molar-refractivity contribution < 1.29 is 27.8 Å². The van der Waals surface area contributed by atoms with Gasteiger partial charge in [-0.25, -0.2) is 9.97 Å². The third kappa shape index (κ3) is 4.45. The molecule has 1 aliphatic rings. The third-order valence-corrected chi connectivity index (χ3v) is 4.58. The van der Waals surface area contributed by atoms with Crippen LogP contribution in [0.4, 0.5) is 13.2 Å². The van der Waals surface area contributed by atoms with Crippen LogP contribution in [0.25, 0.3) is 10.9 Å². The Balaban J connectivity index is 1.47. The van der Waals surface area contributed by atoms with Crippen LogP contribution in [0.5, 0.6) is 11.6 Å². The highest BCUT2D eigenvalue weighted by Gasteiger charge is 2.40. The second kappa shape index (κ2) is 7.00. The van der Waals surface area contributed by atoms with Crippen molar-refractivity contribution in [3.63, 3.8) is 0 Å². The molecule has 0 radical (unpaired) electrons. The summed E-state index contributed by atoms with van der Waals surface area (Å²) in [5.74, 6) is 0.0283. The van der Waals surface area contributed by atoms with Gasteiger partial charge in [-0.2, -0.15) is 13.2 Å². The molecule has 1 aromatic carbocycles. The van der Waals surface area contributed by atoms with Gasteiger partial charge in [-0.1, -0.05) is 6.07 Å². The monoisotopic (exact) mass is 403 g/mol. The molecule has 2 aromatic heterocycles. The number of fused-ring (bicyclic) bond motifs is 1. The fourth-order valence-electron chi connectivity index (χ4n) is 2.68. The second-order valence-electron chi connectivity index (χ2n) is 6.94. The summed E-state index contributed by atoms with van der Waals surface area (Å²) >= 11 is 0. The summed E-state index contributed by atoms with van der Waals surface area (Å²) in [5, 5.41) is 13.1. The number of pyridine rings is 2. The van der Waals surface area contributed by atoms with E-state index in [-0.39, 0.29) is 24.0 Å². The highest BCUT2D eigenvalue weighted by Crippen LogP contribution is 2.34. The average molecular weight is 403 g/mol. The zero-order valence-electron chi connectivity index (χ0n) is 15.0. The fourth-order valence-corrected chi connectivity index (χ4v) is 2.68. The molecule has 9 heteroatoms. The summed E-state index contributed by atoms with van der Waals surface area (Å²) in [6, 6.07) is 10.2. The van der Waals surface area contributed by atoms with Gasteiger partial charge in [0.1, 0.15) is 11.4 Å². The summed E-state index contributed by atoms with van der Waals surface area (Å²) in [5.41, 5.74) is -0.868. The molecule has 0 aliphatic heterocycles. The summed E-state index contributed by atoms with van der Waals surface area (Å²) in [4.78, 5) is 20.1. The second-order valence-corrected chi connectivity index (χ2v) is 6.94. The van der Waals surface area contributed by atoms with Crippen LogP contribution in [0.3, 0.4) is 0 Å². The van der Waals surface area contributed by atoms with Crippen LogP contribution in [0.2, 0.25) is 0 Å². The molecule has 1 fully saturated rings. The van der Waals surface area contributed by atoms with Crippen molar-refractivity contribution in [3.8, 4) is 11.6 Å². The molecule has 0 bridgehead atoms. The van der Waals surface area contributed by atoms with Gasteiger partial charge in [-0.05, 0) is 43.2 Å². The molecule has 150 valence electrons. The van der Waals surface area contributed by atoms with E-state index in [4.69, 9.17) is 4.74 Å². The van der Waals surface area contributed by atoms with Gasteiger partial charge in [-0.15, -0.1) is 0 Å². The first-order chi connectivity index (χ1) is 13.7. The molecule has 1 aliphatic carbocycles. The van der Waals surface area contributed by atoms with Crippen molar-refractivity contribution in [1.82, 2.24) is 15.3 Å². The van der Waals surface area contributed by atoms with Gasteiger partial charge in [0, 0.05) is 24.2 Å². The van der Waals surface area contributed by atoms with E-state index < -0.39 is 17.3 Å². The summed E-state index contributed by atoms with van der Waals surface area (Å²) in [6.07, 6.45) is -2.40. The van der Waals surface area contributed by atoms with Crippen molar-refractivity contribution in [2.24, 2.45) is 0 Å². The van der Waals surface area contributed by atoms with Gasteiger partial charge < -0.3 is 15.2 Å². The van der Waals surface area contributed by atoms with Gasteiger partial charge in [0.05, 0.1) is 16.7 Å². The van der Waals surface area contributed by atoms with Crippen molar-refractivity contribution in [3.05, 3.63) is 59.9 Å². The van der Waals surface area contributed by atoms with Crippen LogP contribution >= 0.6 is 0 Å². The number of nitrogens with one attached hydrogen (secondary N) is 1. The van der Waals surface area contributed by atoms with Gasteiger partial charge in [0.2, 0.25) is 5.88 Å². The normalized spacial score (nSPS) is 15.2. The third-order valence-electron chi connectivity index (χ3n) is 4.58. The number of rotatable bonds is 5. The summed E-state index contributed by atoms with van der Waals surface area (Å²) < 4.78 is 43.3. The number of carbonyl (C=O) groups is 1. The minimum absolute atomic E-state index is 0.0271. The van der Waals surface area contributed by atoms with Crippen LogP contribution in [-0.4, -0.2) is 33.1 Å². The maximum atomic E-state index is 12.6. The molecule has 4 rings (SSSR count). The smallest absolute Gasteiger partial charge is 0.417 e. The van der Waals surface area contributed by atoms with Gasteiger partial charge in [-0.3, -0.25) is 4.79 Å². The highest BCUT2D eigenvalue weighted by atomic mass is 19.4. The van der Waals surface area contributed by atoms with Crippen molar-refractivity contribution >= 4 is 16.8 Å². The first-order valence-corrected chi connectivity index (χ1v) is 8.84. The lowest BCUT2D eigenvalue weighted by atomic mass is 10.2. The molecule has 6 nitrogen and oxygen atoms in total. The number of halogens is 3. The molecule has 1 amide bonds.